The van der Waals surface area contributed by atoms with Gasteiger partial charge >= 0.3 is 0 Å². The summed E-state index contributed by atoms with van der Waals surface area (Å²) in [6.07, 6.45) is 12.0. The Balaban J connectivity index is 3.07. The average Bonchev–Trinajstić information content (AvgIpc) is 2.26. The first kappa shape index (κ1) is 14.2. The predicted molar refractivity (Wildman–Crippen MR) is 63.4 cm³/mol. The van der Waals surface area contributed by atoms with Crippen molar-refractivity contribution >= 4 is 0 Å². The van der Waals surface area contributed by atoms with E-state index >= 15 is 0 Å². The van der Waals surface area contributed by atoms with E-state index in [0.29, 0.717) is 6.61 Å². The number of hydrogen-bond donors (Lipinski definition) is 2. The molecule has 0 aliphatic rings. The van der Waals surface area contributed by atoms with Crippen LogP contribution < -0.4 is 0 Å². The fourth-order valence-electron chi connectivity index (χ4n) is 1.33. The topological polar surface area (TPSA) is 40.5 Å². The zero-order valence-electron chi connectivity index (χ0n) is 9.41. The van der Waals surface area contributed by atoms with Crippen LogP contribution in [0, 0.1) is 11.8 Å². The Kier molecular flexibility index (Phi) is 12.5. The van der Waals surface area contributed by atoms with Crippen LogP contribution in [0.2, 0.25) is 0 Å². The van der Waals surface area contributed by atoms with Crippen LogP contribution in [0.25, 0.3) is 0 Å². The minimum atomic E-state index is -0.0603. The molecule has 2 heteroatoms. The first-order valence-corrected chi connectivity index (χ1v) is 5.77. The Labute approximate surface area is 93.0 Å². The summed E-state index contributed by atoms with van der Waals surface area (Å²) >= 11 is 0. The van der Waals surface area contributed by atoms with Crippen molar-refractivity contribution in [3.63, 3.8) is 0 Å². The molecule has 0 saturated carbocycles. The van der Waals surface area contributed by atoms with Crippen LogP contribution in [-0.2, 0) is 0 Å². The molecule has 15 heavy (non-hydrogen) atoms. The van der Waals surface area contributed by atoms with Gasteiger partial charge in [0.05, 0.1) is 0 Å². The van der Waals surface area contributed by atoms with E-state index in [1.54, 1.807) is 0 Å². The van der Waals surface area contributed by atoms with E-state index in [4.69, 9.17) is 10.2 Å². The lowest BCUT2D eigenvalue weighted by atomic mass is 10.1. The molecule has 0 radical (unpaired) electrons. The number of rotatable bonds is 8. The second-order valence-corrected chi connectivity index (χ2v) is 3.52. The van der Waals surface area contributed by atoms with Gasteiger partial charge in [0.25, 0.3) is 0 Å². The molecular weight excluding hydrogens is 188 g/mol. The molecule has 0 aromatic carbocycles. The Morgan fingerprint density at radius 1 is 0.867 bits per heavy atom. The lowest BCUT2D eigenvalue weighted by Crippen LogP contribution is -1.83. The van der Waals surface area contributed by atoms with Crippen molar-refractivity contribution in [3.05, 3.63) is 12.2 Å². The summed E-state index contributed by atoms with van der Waals surface area (Å²) in [6.45, 7) is 0.265. The van der Waals surface area contributed by atoms with Gasteiger partial charge in [-0.2, -0.15) is 0 Å². The second-order valence-electron chi connectivity index (χ2n) is 3.52. The van der Waals surface area contributed by atoms with Gasteiger partial charge in [-0.1, -0.05) is 43.6 Å². The molecule has 0 aromatic heterocycles. The minimum Gasteiger partial charge on any atom is -0.396 e. The van der Waals surface area contributed by atoms with E-state index in [0.717, 1.165) is 19.3 Å². The normalized spacial score (nSPS) is 10.3. The van der Waals surface area contributed by atoms with E-state index in [2.05, 4.69) is 17.9 Å². The zero-order valence-corrected chi connectivity index (χ0v) is 9.41. The molecule has 0 amide bonds. The van der Waals surface area contributed by atoms with Crippen molar-refractivity contribution in [2.45, 2.75) is 44.9 Å². The van der Waals surface area contributed by atoms with Crippen LogP contribution in [0.15, 0.2) is 12.2 Å². The van der Waals surface area contributed by atoms with Gasteiger partial charge < -0.3 is 10.2 Å². The summed E-state index contributed by atoms with van der Waals surface area (Å²) in [5, 5.41) is 17.0. The summed E-state index contributed by atoms with van der Waals surface area (Å²) < 4.78 is 0. The Morgan fingerprint density at radius 2 is 1.53 bits per heavy atom. The van der Waals surface area contributed by atoms with Gasteiger partial charge in [0.1, 0.15) is 6.61 Å². The van der Waals surface area contributed by atoms with Gasteiger partial charge in [0, 0.05) is 6.61 Å². The van der Waals surface area contributed by atoms with E-state index in [1.807, 2.05) is 6.08 Å². The maximum Gasteiger partial charge on any atom is 0.104 e. The summed E-state index contributed by atoms with van der Waals surface area (Å²) in [7, 11) is 0. The Hall–Kier alpha value is -0.780. The highest BCUT2D eigenvalue weighted by Gasteiger charge is 1.89. The third-order valence-corrected chi connectivity index (χ3v) is 2.16. The molecule has 0 aliphatic carbocycles. The smallest absolute Gasteiger partial charge is 0.104 e. The van der Waals surface area contributed by atoms with Crippen LogP contribution in [0.3, 0.4) is 0 Å². The minimum absolute atomic E-state index is 0.0603. The van der Waals surface area contributed by atoms with Crippen molar-refractivity contribution in [2.75, 3.05) is 13.2 Å². The average molecular weight is 210 g/mol. The summed E-state index contributed by atoms with van der Waals surface area (Å²) in [5.74, 6) is 5.31. The number of aliphatic hydroxyl groups excluding tert-OH is 2. The van der Waals surface area contributed by atoms with Crippen molar-refractivity contribution in [3.8, 4) is 11.8 Å². The lowest BCUT2D eigenvalue weighted by molar-refractivity contribution is 0.282. The molecule has 2 N–H and O–H groups in total. The monoisotopic (exact) mass is 210 g/mol. The third kappa shape index (κ3) is 13.2. The first-order chi connectivity index (χ1) is 7.41. The van der Waals surface area contributed by atoms with Crippen LogP contribution in [0.5, 0.6) is 0 Å². The van der Waals surface area contributed by atoms with Gasteiger partial charge in [-0.3, -0.25) is 0 Å². The molecule has 0 unspecified atom stereocenters. The molecule has 0 bridgehead atoms. The molecule has 0 heterocycles. The maximum atomic E-state index is 8.57. The van der Waals surface area contributed by atoms with Crippen LogP contribution in [-0.4, -0.2) is 23.4 Å². The van der Waals surface area contributed by atoms with Crippen molar-refractivity contribution in [2.24, 2.45) is 0 Å². The first-order valence-electron chi connectivity index (χ1n) is 5.77. The molecule has 0 aliphatic heterocycles. The van der Waals surface area contributed by atoms with Crippen molar-refractivity contribution < 1.29 is 10.2 Å². The van der Waals surface area contributed by atoms with Gasteiger partial charge in [-0.05, 0) is 25.3 Å². The maximum absolute atomic E-state index is 8.57. The lowest BCUT2D eigenvalue weighted by Gasteiger charge is -1.98. The number of hydrogen-bond acceptors (Lipinski definition) is 2. The Morgan fingerprint density at radius 3 is 2.20 bits per heavy atom. The number of allylic oxidation sites excluding steroid dienone is 2. The molecular formula is C13H22O2. The van der Waals surface area contributed by atoms with Gasteiger partial charge in [-0.25, -0.2) is 0 Å². The second kappa shape index (κ2) is 13.2. The number of unbranched alkanes of at least 4 members (excludes halogenated alkanes) is 6. The third-order valence-electron chi connectivity index (χ3n) is 2.16. The van der Waals surface area contributed by atoms with Gasteiger partial charge in [-0.15, -0.1) is 0 Å². The fourth-order valence-corrected chi connectivity index (χ4v) is 1.33. The van der Waals surface area contributed by atoms with Crippen LogP contribution in [0.1, 0.15) is 44.9 Å². The molecule has 0 rings (SSSR count). The predicted octanol–water partition coefficient (Wildman–Crippen LogP) is 2.26. The standard InChI is InChI=1S/C13H22O2/c14-12-10-8-6-4-2-1-3-5-7-9-11-13-15/h4,6,14-15H,1-3,5,7,9,11-13H2/b6-4+. The molecule has 0 spiro atoms. The summed E-state index contributed by atoms with van der Waals surface area (Å²) in [5.41, 5.74) is 0. The van der Waals surface area contributed by atoms with E-state index < -0.39 is 0 Å². The highest BCUT2D eigenvalue weighted by atomic mass is 16.3. The molecule has 2 nitrogen and oxygen atoms in total. The molecule has 0 fully saturated rings. The highest BCUT2D eigenvalue weighted by Crippen LogP contribution is 2.06. The largest absolute Gasteiger partial charge is 0.396 e. The summed E-state index contributed by atoms with van der Waals surface area (Å²) in [4.78, 5) is 0. The van der Waals surface area contributed by atoms with Crippen LogP contribution in [0.4, 0.5) is 0 Å². The number of aliphatic hydroxyl groups is 2. The SMILES string of the molecule is OCC#C/C=C/CCCCCCCCO. The van der Waals surface area contributed by atoms with Crippen LogP contribution >= 0.6 is 0 Å². The molecule has 86 valence electrons. The van der Waals surface area contributed by atoms with Crippen molar-refractivity contribution in [1.29, 1.82) is 0 Å². The quantitative estimate of drug-likeness (QED) is 0.476. The Bertz CT molecular complexity index is 198. The van der Waals surface area contributed by atoms with Gasteiger partial charge in [0.2, 0.25) is 0 Å². The zero-order chi connectivity index (χ0) is 11.2. The van der Waals surface area contributed by atoms with Gasteiger partial charge in [0.15, 0.2) is 0 Å². The van der Waals surface area contributed by atoms with E-state index in [-0.39, 0.29) is 6.61 Å². The summed E-state index contributed by atoms with van der Waals surface area (Å²) in [6, 6.07) is 0. The van der Waals surface area contributed by atoms with E-state index in [9.17, 15) is 0 Å². The molecule has 0 aromatic rings. The molecule has 0 saturated heterocycles. The van der Waals surface area contributed by atoms with Crippen molar-refractivity contribution in [1.82, 2.24) is 0 Å². The fraction of sp³-hybridized carbons (Fsp3) is 0.692. The van der Waals surface area contributed by atoms with E-state index in [1.165, 1.54) is 25.7 Å². The highest BCUT2D eigenvalue weighted by molar-refractivity contribution is 5.14. The molecule has 0 atom stereocenters.